The molecule has 1 aliphatic rings. The third kappa shape index (κ3) is 4.30. The molecule has 5 nitrogen and oxygen atoms in total. The van der Waals surface area contributed by atoms with Crippen molar-refractivity contribution in [2.24, 2.45) is 11.7 Å². The molecule has 4 rings (SSSR count). The van der Waals surface area contributed by atoms with Gasteiger partial charge in [0.05, 0.1) is 21.6 Å². The van der Waals surface area contributed by atoms with Gasteiger partial charge in [-0.15, -0.1) is 11.3 Å². The van der Waals surface area contributed by atoms with Gasteiger partial charge >= 0.3 is 0 Å². The Morgan fingerprint density at radius 2 is 2.18 bits per heavy atom. The fraction of sp³-hybridized carbons (Fsp3) is 0.238. The lowest BCUT2D eigenvalue weighted by atomic mass is 10.2. The Bertz CT molecular complexity index is 1100. The van der Waals surface area contributed by atoms with Crippen molar-refractivity contribution >= 4 is 33.1 Å². The van der Waals surface area contributed by atoms with Crippen molar-refractivity contribution in [1.29, 1.82) is 0 Å². The quantitative estimate of drug-likeness (QED) is 0.632. The fourth-order valence-electron chi connectivity index (χ4n) is 2.77. The van der Waals surface area contributed by atoms with Crippen LogP contribution in [0.5, 0.6) is 11.5 Å². The standard InChI is InChI=1S/C21H18FN3O2S/c22-16-11-14(25-20(26)10-13-3-4-13)5-6-18(16)27-19-7-9-24-17-12-15(2-1-8-23)28-21(17)19/h5-7,9,11-13H,3-4,8,10,23H2,(H,25,26). The molecule has 28 heavy (non-hydrogen) atoms. The van der Waals surface area contributed by atoms with E-state index in [4.69, 9.17) is 10.5 Å². The van der Waals surface area contributed by atoms with Gasteiger partial charge in [0.25, 0.3) is 0 Å². The number of pyridine rings is 1. The van der Waals surface area contributed by atoms with E-state index < -0.39 is 5.82 Å². The molecule has 0 unspecified atom stereocenters. The Morgan fingerprint density at radius 1 is 1.32 bits per heavy atom. The SMILES string of the molecule is NCC#Cc1cc2nccc(Oc3ccc(NC(=O)CC4CC4)cc3F)c2s1. The first-order chi connectivity index (χ1) is 13.6. The number of carbonyl (C=O) groups is 1. The molecule has 0 bridgehead atoms. The Morgan fingerprint density at radius 3 is 2.93 bits per heavy atom. The monoisotopic (exact) mass is 395 g/mol. The number of benzene rings is 1. The summed E-state index contributed by atoms with van der Waals surface area (Å²) in [6.07, 6.45) is 4.28. The zero-order valence-electron chi connectivity index (χ0n) is 15.0. The van der Waals surface area contributed by atoms with E-state index in [1.165, 1.54) is 23.5 Å². The lowest BCUT2D eigenvalue weighted by Gasteiger charge is -2.10. The van der Waals surface area contributed by atoms with Crippen molar-refractivity contribution in [2.75, 3.05) is 11.9 Å². The van der Waals surface area contributed by atoms with Gasteiger partial charge < -0.3 is 15.8 Å². The van der Waals surface area contributed by atoms with Crippen LogP contribution in [0.15, 0.2) is 36.5 Å². The van der Waals surface area contributed by atoms with Crippen molar-refractivity contribution < 1.29 is 13.9 Å². The average Bonchev–Trinajstić information content (AvgIpc) is 3.37. The van der Waals surface area contributed by atoms with Gasteiger partial charge in [-0.05, 0) is 37.0 Å². The van der Waals surface area contributed by atoms with Gasteiger partial charge in [0.15, 0.2) is 11.6 Å². The number of halogens is 1. The normalized spacial score (nSPS) is 13.1. The molecule has 1 saturated carbocycles. The maximum atomic E-state index is 14.5. The summed E-state index contributed by atoms with van der Waals surface area (Å²) in [4.78, 5) is 17.0. The van der Waals surface area contributed by atoms with Gasteiger partial charge in [-0.1, -0.05) is 11.8 Å². The Labute approximate surface area is 165 Å². The molecule has 3 N–H and O–H groups in total. The minimum absolute atomic E-state index is 0.0793. The molecule has 3 aromatic rings. The number of hydrogen-bond donors (Lipinski definition) is 2. The summed E-state index contributed by atoms with van der Waals surface area (Å²) in [5.74, 6) is 6.20. The van der Waals surface area contributed by atoms with Crippen molar-refractivity contribution in [3.05, 3.63) is 47.2 Å². The molecule has 7 heteroatoms. The number of ether oxygens (including phenoxy) is 1. The smallest absolute Gasteiger partial charge is 0.224 e. The second kappa shape index (κ2) is 7.97. The van der Waals surface area contributed by atoms with Crippen LogP contribution < -0.4 is 15.8 Å². The minimum atomic E-state index is -0.547. The molecule has 2 heterocycles. The van der Waals surface area contributed by atoms with E-state index in [1.54, 1.807) is 18.3 Å². The van der Waals surface area contributed by atoms with Gasteiger partial charge in [-0.3, -0.25) is 9.78 Å². The zero-order chi connectivity index (χ0) is 19.5. The summed E-state index contributed by atoms with van der Waals surface area (Å²) in [6, 6.07) is 7.95. The van der Waals surface area contributed by atoms with E-state index in [-0.39, 0.29) is 18.2 Å². The molecular formula is C21H18FN3O2S. The summed E-state index contributed by atoms with van der Waals surface area (Å²) >= 11 is 1.42. The number of carbonyl (C=O) groups excluding carboxylic acids is 1. The molecule has 0 aliphatic heterocycles. The molecule has 1 aliphatic carbocycles. The lowest BCUT2D eigenvalue weighted by molar-refractivity contribution is -0.116. The van der Waals surface area contributed by atoms with Crippen LogP contribution in [-0.2, 0) is 4.79 Å². The van der Waals surface area contributed by atoms with Crippen LogP contribution >= 0.6 is 11.3 Å². The summed E-state index contributed by atoms with van der Waals surface area (Å²) < 4.78 is 21.1. The highest BCUT2D eigenvalue weighted by Crippen LogP contribution is 2.36. The topological polar surface area (TPSA) is 77.2 Å². The molecule has 0 atom stereocenters. The van der Waals surface area contributed by atoms with E-state index in [1.807, 2.05) is 6.07 Å². The number of hydrogen-bond acceptors (Lipinski definition) is 5. The minimum Gasteiger partial charge on any atom is -0.453 e. The van der Waals surface area contributed by atoms with Gasteiger partial charge in [0, 0.05) is 30.4 Å². The summed E-state index contributed by atoms with van der Waals surface area (Å²) in [7, 11) is 0. The fourth-order valence-corrected chi connectivity index (χ4v) is 3.71. The van der Waals surface area contributed by atoms with Crippen LogP contribution in [0.25, 0.3) is 10.2 Å². The number of anilines is 1. The van der Waals surface area contributed by atoms with E-state index in [9.17, 15) is 9.18 Å². The average molecular weight is 395 g/mol. The highest BCUT2D eigenvalue weighted by atomic mass is 32.1. The third-order valence-electron chi connectivity index (χ3n) is 4.30. The van der Waals surface area contributed by atoms with Gasteiger partial charge in [0.1, 0.15) is 5.75 Å². The Balaban J connectivity index is 1.53. The number of fused-ring (bicyclic) bond motifs is 1. The van der Waals surface area contributed by atoms with Crippen LogP contribution in [0.1, 0.15) is 24.1 Å². The molecule has 1 fully saturated rings. The van der Waals surface area contributed by atoms with Crippen LogP contribution in [0.2, 0.25) is 0 Å². The number of nitrogens with one attached hydrogen (secondary N) is 1. The predicted molar refractivity (Wildman–Crippen MR) is 108 cm³/mol. The molecule has 1 amide bonds. The molecule has 0 spiro atoms. The number of nitrogens with two attached hydrogens (primary N) is 1. The van der Waals surface area contributed by atoms with Crippen molar-refractivity contribution in [3.8, 4) is 23.3 Å². The van der Waals surface area contributed by atoms with Gasteiger partial charge in [-0.2, -0.15) is 0 Å². The first-order valence-electron chi connectivity index (χ1n) is 8.97. The number of thiophene rings is 1. The van der Waals surface area contributed by atoms with Crippen molar-refractivity contribution in [2.45, 2.75) is 19.3 Å². The highest BCUT2D eigenvalue weighted by Gasteiger charge is 2.24. The molecule has 0 radical (unpaired) electrons. The third-order valence-corrected chi connectivity index (χ3v) is 5.35. The Kier molecular flexibility index (Phi) is 5.24. The van der Waals surface area contributed by atoms with Gasteiger partial charge in [0.2, 0.25) is 5.91 Å². The summed E-state index contributed by atoms with van der Waals surface area (Å²) in [5, 5.41) is 2.73. The second-order valence-corrected chi connectivity index (χ2v) is 7.64. The first-order valence-corrected chi connectivity index (χ1v) is 9.79. The largest absolute Gasteiger partial charge is 0.453 e. The van der Waals surface area contributed by atoms with Crippen LogP contribution in [0.3, 0.4) is 0 Å². The maximum absolute atomic E-state index is 14.5. The number of nitrogens with zero attached hydrogens (tertiary/aromatic N) is 1. The van der Waals surface area contributed by atoms with E-state index in [0.29, 0.717) is 23.8 Å². The summed E-state index contributed by atoms with van der Waals surface area (Å²) in [6.45, 7) is 0.278. The van der Waals surface area contributed by atoms with Crippen LogP contribution in [0.4, 0.5) is 10.1 Å². The second-order valence-electron chi connectivity index (χ2n) is 6.58. The molecule has 1 aromatic carbocycles. The Hall–Kier alpha value is -2.95. The van der Waals surface area contributed by atoms with E-state index >= 15 is 0 Å². The lowest BCUT2D eigenvalue weighted by Crippen LogP contribution is -2.12. The molecule has 142 valence electrons. The highest BCUT2D eigenvalue weighted by molar-refractivity contribution is 7.19. The van der Waals surface area contributed by atoms with Crippen LogP contribution in [-0.4, -0.2) is 17.4 Å². The summed E-state index contributed by atoms with van der Waals surface area (Å²) in [5.41, 5.74) is 6.56. The van der Waals surface area contributed by atoms with E-state index in [2.05, 4.69) is 22.1 Å². The number of aromatic nitrogens is 1. The van der Waals surface area contributed by atoms with Crippen molar-refractivity contribution in [1.82, 2.24) is 4.98 Å². The first kappa shape index (κ1) is 18.4. The molecule has 2 aromatic heterocycles. The molecule has 0 saturated heterocycles. The molecular weight excluding hydrogens is 377 g/mol. The number of amides is 1. The zero-order valence-corrected chi connectivity index (χ0v) is 15.8. The van der Waals surface area contributed by atoms with E-state index in [0.717, 1.165) is 27.9 Å². The van der Waals surface area contributed by atoms with Crippen molar-refractivity contribution in [3.63, 3.8) is 0 Å². The van der Waals surface area contributed by atoms with Gasteiger partial charge in [-0.25, -0.2) is 4.39 Å². The predicted octanol–water partition coefficient (Wildman–Crippen LogP) is 4.28. The van der Waals surface area contributed by atoms with Crippen LogP contribution in [0, 0.1) is 23.6 Å². The maximum Gasteiger partial charge on any atom is 0.224 e. The number of rotatable bonds is 5.